The van der Waals surface area contributed by atoms with Crippen molar-refractivity contribution in [2.45, 2.75) is 30.3 Å². The van der Waals surface area contributed by atoms with Gasteiger partial charge in [0, 0.05) is 34.7 Å². The number of pyridine rings is 1. The molecule has 0 spiro atoms. The largest absolute Gasteiger partial charge is 0.497 e. The van der Waals surface area contributed by atoms with Crippen LogP contribution in [-0.4, -0.2) is 53.5 Å². The normalized spacial score (nSPS) is 19.2. The Labute approximate surface area is 216 Å². The third-order valence-corrected chi connectivity index (χ3v) is 7.90. The summed E-state index contributed by atoms with van der Waals surface area (Å²) in [4.78, 5) is 18.2. The van der Waals surface area contributed by atoms with Crippen molar-refractivity contribution in [3.05, 3.63) is 65.6 Å². The van der Waals surface area contributed by atoms with E-state index in [9.17, 15) is 23.1 Å². The zero-order chi connectivity index (χ0) is 26.5. The van der Waals surface area contributed by atoms with Gasteiger partial charge in [-0.2, -0.15) is 0 Å². The molecule has 2 unspecified atom stereocenters. The molecule has 1 N–H and O–H groups in total. The summed E-state index contributed by atoms with van der Waals surface area (Å²) in [6.07, 6.45) is 0.209. The number of halogens is 4. The Bertz CT molecular complexity index is 1260. The van der Waals surface area contributed by atoms with E-state index in [4.69, 9.17) is 4.74 Å². The predicted molar refractivity (Wildman–Crippen MR) is 134 cm³/mol. The molecule has 0 aliphatic carbocycles. The molecule has 2 aromatic carbocycles. The molecule has 0 amide bonds. The molecule has 198 valence electrons. The number of piperidine rings is 1. The topological polar surface area (TPSA) is 62.7 Å². The van der Waals surface area contributed by atoms with Crippen LogP contribution in [0.3, 0.4) is 0 Å². The number of methoxy groups -OCH3 is 1. The minimum atomic E-state index is -1.62. The lowest BCUT2D eigenvalue weighted by atomic mass is 9.81. The smallest absolute Gasteiger partial charge is 0.308 e. The number of carboxylic acids is 1. The Hall–Kier alpha value is -2.85. The van der Waals surface area contributed by atoms with Crippen LogP contribution < -0.4 is 4.74 Å². The lowest BCUT2D eigenvalue weighted by Crippen LogP contribution is -2.44. The maximum absolute atomic E-state index is 15.4. The lowest BCUT2D eigenvalue weighted by Gasteiger charge is -2.36. The molecule has 1 aliphatic heterocycles. The highest BCUT2D eigenvalue weighted by atomic mass is 32.2. The number of benzene rings is 2. The first kappa shape index (κ1) is 27.2. The molecule has 1 aromatic heterocycles. The van der Waals surface area contributed by atoms with Gasteiger partial charge in [0.25, 0.3) is 0 Å². The molecular formula is C27H28F4N2O3S. The predicted octanol–water partition coefficient (Wildman–Crippen LogP) is 6.27. The van der Waals surface area contributed by atoms with Crippen molar-refractivity contribution in [2.75, 3.05) is 32.5 Å². The summed E-state index contributed by atoms with van der Waals surface area (Å²) in [5.74, 6) is -2.73. The highest BCUT2D eigenvalue weighted by Crippen LogP contribution is 2.37. The van der Waals surface area contributed by atoms with Crippen LogP contribution in [0.4, 0.5) is 17.6 Å². The van der Waals surface area contributed by atoms with Gasteiger partial charge in [0.15, 0.2) is 0 Å². The van der Waals surface area contributed by atoms with E-state index in [1.54, 1.807) is 18.2 Å². The number of ether oxygens (including phenoxy) is 1. The minimum absolute atomic E-state index is 0.0175. The molecule has 3 atom stereocenters. The fraction of sp³-hybridized carbons (Fsp3) is 0.407. The summed E-state index contributed by atoms with van der Waals surface area (Å²) in [7, 11) is 1.47. The zero-order valence-electron chi connectivity index (χ0n) is 20.3. The van der Waals surface area contributed by atoms with Crippen molar-refractivity contribution < 1.29 is 32.2 Å². The van der Waals surface area contributed by atoms with E-state index in [0.717, 1.165) is 24.4 Å². The summed E-state index contributed by atoms with van der Waals surface area (Å²) in [5.41, 5.74) is 0.363. The molecule has 0 bridgehead atoms. The van der Waals surface area contributed by atoms with Crippen LogP contribution in [0.5, 0.6) is 5.75 Å². The van der Waals surface area contributed by atoms with Crippen LogP contribution in [0.25, 0.3) is 10.9 Å². The Morgan fingerprint density at radius 1 is 1.22 bits per heavy atom. The van der Waals surface area contributed by atoms with Gasteiger partial charge in [-0.15, -0.1) is 11.8 Å². The van der Waals surface area contributed by atoms with Gasteiger partial charge in [-0.05, 0) is 68.1 Å². The third kappa shape index (κ3) is 6.54. The first-order valence-corrected chi connectivity index (χ1v) is 13.0. The number of hydrogen-bond donors (Lipinski definition) is 1. The van der Waals surface area contributed by atoms with Gasteiger partial charge < -0.3 is 14.7 Å². The second kappa shape index (κ2) is 12.1. The number of fused-ring (bicyclic) bond motifs is 1. The van der Waals surface area contributed by atoms with Gasteiger partial charge in [-0.1, -0.05) is 0 Å². The lowest BCUT2D eigenvalue weighted by molar-refractivity contribution is -0.146. The van der Waals surface area contributed by atoms with Gasteiger partial charge in [0.05, 0.1) is 24.7 Å². The molecular weight excluding hydrogens is 508 g/mol. The van der Waals surface area contributed by atoms with E-state index in [2.05, 4.69) is 4.98 Å². The van der Waals surface area contributed by atoms with E-state index in [0.29, 0.717) is 48.3 Å². The van der Waals surface area contributed by atoms with Crippen molar-refractivity contribution in [1.82, 2.24) is 9.88 Å². The molecule has 1 aliphatic rings. The third-order valence-electron chi connectivity index (χ3n) is 6.89. The number of alkyl halides is 1. The highest BCUT2D eigenvalue weighted by Gasteiger charge is 2.35. The van der Waals surface area contributed by atoms with Crippen LogP contribution in [0.1, 0.15) is 31.0 Å². The van der Waals surface area contributed by atoms with Crippen molar-refractivity contribution >= 4 is 28.6 Å². The van der Waals surface area contributed by atoms with Crippen molar-refractivity contribution in [3.8, 4) is 5.75 Å². The maximum atomic E-state index is 15.4. The number of aromatic nitrogens is 1. The zero-order valence-corrected chi connectivity index (χ0v) is 21.1. The van der Waals surface area contributed by atoms with Crippen LogP contribution in [0.15, 0.2) is 47.5 Å². The fourth-order valence-corrected chi connectivity index (χ4v) is 5.86. The number of thioether (sulfide) groups is 1. The Morgan fingerprint density at radius 3 is 2.78 bits per heavy atom. The summed E-state index contributed by atoms with van der Waals surface area (Å²) in [6.45, 7) is 1.41. The SMILES string of the molecule is COc1ccc2ncc(F)c([C@H](F)CCC3CCN(CCSc4cc(F)ccc4F)CC3C(=O)O)c2c1. The average Bonchev–Trinajstić information content (AvgIpc) is 2.89. The van der Waals surface area contributed by atoms with E-state index in [1.165, 1.54) is 18.9 Å². The second-order valence-corrected chi connectivity index (χ2v) is 10.3. The Balaban J connectivity index is 1.36. The van der Waals surface area contributed by atoms with Crippen LogP contribution in [0.2, 0.25) is 0 Å². The number of likely N-dealkylation sites (tertiary alicyclic amines) is 1. The van der Waals surface area contributed by atoms with Gasteiger partial charge >= 0.3 is 5.97 Å². The number of carbonyl (C=O) groups is 1. The first-order valence-electron chi connectivity index (χ1n) is 12.1. The minimum Gasteiger partial charge on any atom is -0.497 e. The van der Waals surface area contributed by atoms with Gasteiger partial charge in [0.1, 0.15) is 29.4 Å². The molecule has 0 saturated carbocycles. The molecule has 1 saturated heterocycles. The van der Waals surface area contributed by atoms with E-state index in [1.807, 2.05) is 4.90 Å². The fourth-order valence-electron chi connectivity index (χ4n) is 4.89. The number of hydrogen-bond acceptors (Lipinski definition) is 5. The van der Waals surface area contributed by atoms with Gasteiger partial charge in [-0.3, -0.25) is 9.78 Å². The highest BCUT2D eigenvalue weighted by molar-refractivity contribution is 7.99. The quantitative estimate of drug-likeness (QED) is 0.244. The number of aliphatic carboxylic acids is 1. The van der Waals surface area contributed by atoms with Crippen LogP contribution in [0, 0.1) is 29.3 Å². The molecule has 4 rings (SSSR count). The molecule has 1 fully saturated rings. The summed E-state index contributed by atoms with van der Waals surface area (Å²) < 4.78 is 62.4. The molecule has 37 heavy (non-hydrogen) atoms. The van der Waals surface area contributed by atoms with E-state index >= 15 is 4.39 Å². The van der Waals surface area contributed by atoms with Gasteiger partial charge in [0.2, 0.25) is 0 Å². The standard InChI is InChI=1S/C27H28F4N2O3S/c1-36-18-4-7-24-19(13-18)26(23(31)14-32-24)22(30)5-2-16-8-9-33(15-20(16)27(34)35)10-11-37-25-12-17(28)3-6-21(25)29/h3-4,6-7,12-14,16,20,22H,2,5,8-11,15H2,1H3,(H,34,35)/t16?,20?,22-/m1/s1. The van der Waals surface area contributed by atoms with Crippen molar-refractivity contribution in [2.24, 2.45) is 11.8 Å². The first-order chi connectivity index (χ1) is 17.8. The summed E-state index contributed by atoms with van der Waals surface area (Å²) >= 11 is 1.18. The van der Waals surface area contributed by atoms with Gasteiger partial charge in [-0.25, -0.2) is 17.6 Å². The average molecular weight is 537 g/mol. The maximum Gasteiger partial charge on any atom is 0.308 e. The number of nitrogens with zero attached hydrogens (tertiary/aromatic N) is 2. The Kier molecular flexibility index (Phi) is 8.91. The number of rotatable bonds is 10. The molecule has 3 aromatic rings. The van der Waals surface area contributed by atoms with Crippen molar-refractivity contribution in [3.63, 3.8) is 0 Å². The summed E-state index contributed by atoms with van der Waals surface area (Å²) in [6, 6.07) is 8.15. The van der Waals surface area contributed by atoms with E-state index in [-0.39, 0.29) is 29.3 Å². The second-order valence-electron chi connectivity index (χ2n) is 9.17. The molecule has 5 nitrogen and oxygen atoms in total. The van der Waals surface area contributed by atoms with E-state index < -0.39 is 35.5 Å². The Morgan fingerprint density at radius 2 is 2.03 bits per heavy atom. The van der Waals surface area contributed by atoms with Crippen LogP contribution in [-0.2, 0) is 4.79 Å². The molecule has 10 heteroatoms. The van der Waals surface area contributed by atoms with Crippen LogP contribution >= 0.6 is 11.8 Å². The summed E-state index contributed by atoms with van der Waals surface area (Å²) in [5, 5.41) is 10.2. The monoisotopic (exact) mass is 536 g/mol. The van der Waals surface area contributed by atoms with Crippen molar-refractivity contribution in [1.29, 1.82) is 0 Å². The molecule has 0 radical (unpaired) electrons. The molecule has 2 heterocycles. The number of carboxylic acid groups (broad SMARTS) is 1.